The Kier molecular flexibility index (Phi) is 11.6. The first-order valence-corrected chi connectivity index (χ1v) is 16.9. The molecule has 0 radical (unpaired) electrons. The third-order valence-corrected chi connectivity index (χ3v) is 9.63. The molecule has 0 spiro atoms. The fourth-order valence-electron chi connectivity index (χ4n) is 5.21. The van der Waals surface area contributed by atoms with Crippen LogP contribution in [-0.4, -0.2) is 51.4 Å². The van der Waals surface area contributed by atoms with Crippen LogP contribution in [0.2, 0.25) is 0 Å². The number of benzene rings is 4. The van der Waals surface area contributed by atoms with Crippen molar-refractivity contribution in [1.29, 1.82) is 0 Å². The number of nitrogens with zero attached hydrogens (tertiary/aromatic N) is 2. The molecule has 4 rings (SSSR count). The van der Waals surface area contributed by atoms with Crippen LogP contribution in [0.1, 0.15) is 48.9 Å². The zero-order valence-corrected chi connectivity index (χ0v) is 28.0. The minimum absolute atomic E-state index is 0.0649. The molecule has 4 aromatic carbocycles. The summed E-state index contributed by atoms with van der Waals surface area (Å²) >= 11 is 0. The summed E-state index contributed by atoms with van der Waals surface area (Å²) in [5.74, 6) is 0.0128. The second-order valence-electron chi connectivity index (χ2n) is 11.5. The lowest BCUT2D eigenvalue weighted by molar-refractivity contribution is -0.140. The van der Waals surface area contributed by atoms with E-state index in [9.17, 15) is 18.0 Å². The fourth-order valence-corrected chi connectivity index (χ4v) is 6.62. The Bertz CT molecular complexity index is 1710. The Labute approximate surface area is 273 Å². The molecule has 4 aromatic rings. The van der Waals surface area contributed by atoms with Crippen molar-refractivity contribution in [3.63, 3.8) is 0 Å². The van der Waals surface area contributed by atoms with Gasteiger partial charge in [-0.05, 0) is 72.9 Å². The molecule has 0 aliphatic heterocycles. The highest BCUT2D eigenvalue weighted by Gasteiger charge is 2.34. The van der Waals surface area contributed by atoms with Gasteiger partial charge in [-0.2, -0.15) is 0 Å². The third-order valence-electron chi connectivity index (χ3n) is 7.84. The lowest BCUT2D eigenvalue weighted by Crippen LogP contribution is -2.53. The van der Waals surface area contributed by atoms with Gasteiger partial charge >= 0.3 is 0 Å². The molecule has 2 amide bonds. The molecule has 46 heavy (non-hydrogen) atoms. The Morgan fingerprint density at radius 1 is 0.848 bits per heavy atom. The minimum atomic E-state index is -4.17. The van der Waals surface area contributed by atoms with Gasteiger partial charge in [-0.3, -0.25) is 13.9 Å². The van der Waals surface area contributed by atoms with Crippen LogP contribution in [0, 0.1) is 6.92 Å². The van der Waals surface area contributed by atoms with Crippen molar-refractivity contribution in [3.05, 3.63) is 125 Å². The number of anilines is 1. The molecule has 1 unspecified atom stereocenters. The normalized spacial score (nSPS) is 12.0. The van der Waals surface area contributed by atoms with E-state index in [0.717, 1.165) is 26.6 Å². The predicted molar refractivity (Wildman–Crippen MR) is 182 cm³/mol. The Morgan fingerprint density at radius 2 is 1.50 bits per heavy atom. The Hall–Kier alpha value is -4.63. The summed E-state index contributed by atoms with van der Waals surface area (Å²) in [5, 5.41) is 2.88. The highest BCUT2D eigenvalue weighted by molar-refractivity contribution is 7.92. The van der Waals surface area contributed by atoms with Crippen LogP contribution >= 0.6 is 0 Å². The number of carbonyl (C=O) groups excluding carboxylic acids is 2. The van der Waals surface area contributed by atoms with Crippen molar-refractivity contribution in [3.8, 4) is 5.75 Å². The fraction of sp³-hybridized carbons (Fsp3) is 0.297. The smallest absolute Gasteiger partial charge is 0.264 e. The number of rotatable bonds is 14. The number of carbonyl (C=O) groups is 2. The number of methoxy groups -OCH3 is 1. The molecule has 1 N–H and O–H groups in total. The molecule has 8 nitrogen and oxygen atoms in total. The van der Waals surface area contributed by atoms with E-state index in [2.05, 4.69) is 19.2 Å². The number of nitrogens with one attached hydrogen (secondary N) is 1. The van der Waals surface area contributed by atoms with E-state index in [-0.39, 0.29) is 29.7 Å². The number of likely N-dealkylation sites (N-methyl/N-ethyl adjacent to an activating group) is 1. The van der Waals surface area contributed by atoms with Crippen LogP contribution < -0.4 is 14.4 Å². The summed E-state index contributed by atoms with van der Waals surface area (Å²) in [6, 6.07) is 29.6. The average Bonchev–Trinajstić information content (AvgIpc) is 3.06. The van der Waals surface area contributed by atoms with Gasteiger partial charge in [-0.25, -0.2) is 8.42 Å². The zero-order valence-electron chi connectivity index (χ0n) is 27.1. The van der Waals surface area contributed by atoms with Gasteiger partial charge in [0.05, 0.1) is 17.7 Å². The summed E-state index contributed by atoms with van der Waals surface area (Å²) in [5.41, 5.74) is 3.93. The molecular formula is C37H43N3O5S. The molecule has 0 saturated heterocycles. The van der Waals surface area contributed by atoms with Crippen LogP contribution in [0.3, 0.4) is 0 Å². The van der Waals surface area contributed by atoms with E-state index in [1.807, 2.05) is 74.5 Å². The van der Waals surface area contributed by atoms with Crippen LogP contribution in [-0.2, 0) is 32.6 Å². The first-order chi connectivity index (χ1) is 22.0. The van der Waals surface area contributed by atoms with E-state index in [0.29, 0.717) is 18.0 Å². The maximum atomic E-state index is 14.5. The standard InChI is InChI=1S/C37H43N3O5S/c1-6-38-37(42)35(24-29-11-8-7-9-12-29)39(25-30-13-10-14-33(23-30)45-5)36(41)26-40(32-19-17-31(18-20-32)27(2)3)46(43,44)34-21-15-28(4)16-22-34/h7-23,27,35H,6,24-26H2,1-5H3,(H,38,42). The number of hydrogen-bond donors (Lipinski definition) is 1. The van der Waals surface area contributed by atoms with Crippen molar-refractivity contribution < 1.29 is 22.7 Å². The molecule has 0 aliphatic rings. The number of ether oxygens (including phenoxy) is 1. The molecular weight excluding hydrogens is 598 g/mol. The molecule has 9 heteroatoms. The van der Waals surface area contributed by atoms with Gasteiger partial charge in [-0.15, -0.1) is 0 Å². The largest absolute Gasteiger partial charge is 0.497 e. The lowest BCUT2D eigenvalue weighted by Gasteiger charge is -2.34. The Balaban J connectivity index is 1.81. The highest BCUT2D eigenvalue weighted by Crippen LogP contribution is 2.27. The maximum absolute atomic E-state index is 14.5. The van der Waals surface area contributed by atoms with Gasteiger partial charge in [0.2, 0.25) is 11.8 Å². The molecule has 0 aromatic heterocycles. The summed E-state index contributed by atoms with van der Waals surface area (Å²) in [4.78, 5) is 29.7. The SMILES string of the molecule is CCNC(=O)C(Cc1ccccc1)N(Cc1cccc(OC)c1)C(=O)CN(c1ccc(C(C)C)cc1)S(=O)(=O)c1ccc(C)cc1. The second-order valence-corrected chi connectivity index (χ2v) is 13.4. The maximum Gasteiger partial charge on any atom is 0.264 e. The van der Waals surface area contributed by atoms with Crippen LogP contribution in [0.5, 0.6) is 5.75 Å². The highest BCUT2D eigenvalue weighted by atomic mass is 32.2. The summed E-state index contributed by atoms with van der Waals surface area (Å²) < 4.78 is 35.0. The summed E-state index contributed by atoms with van der Waals surface area (Å²) in [7, 11) is -2.60. The van der Waals surface area contributed by atoms with Gasteiger partial charge < -0.3 is 15.0 Å². The average molecular weight is 642 g/mol. The van der Waals surface area contributed by atoms with E-state index in [1.165, 1.54) is 4.90 Å². The second kappa shape index (κ2) is 15.6. The zero-order chi connectivity index (χ0) is 33.3. The third kappa shape index (κ3) is 8.54. The van der Waals surface area contributed by atoms with E-state index in [4.69, 9.17) is 4.74 Å². The van der Waals surface area contributed by atoms with Crippen molar-refractivity contribution in [2.45, 2.75) is 57.5 Å². The minimum Gasteiger partial charge on any atom is -0.497 e. The quantitative estimate of drug-likeness (QED) is 0.180. The lowest BCUT2D eigenvalue weighted by atomic mass is 10.0. The molecule has 0 fully saturated rings. The van der Waals surface area contributed by atoms with Gasteiger partial charge in [0.1, 0.15) is 18.3 Å². The molecule has 242 valence electrons. The van der Waals surface area contributed by atoms with E-state index < -0.39 is 28.5 Å². The van der Waals surface area contributed by atoms with Crippen molar-refractivity contribution in [2.75, 3.05) is 24.5 Å². The number of amides is 2. The topological polar surface area (TPSA) is 96.0 Å². The van der Waals surface area contributed by atoms with Gasteiger partial charge in [0.15, 0.2) is 0 Å². The van der Waals surface area contributed by atoms with Crippen LogP contribution in [0.25, 0.3) is 0 Å². The van der Waals surface area contributed by atoms with Crippen molar-refractivity contribution >= 4 is 27.5 Å². The first-order valence-electron chi connectivity index (χ1n) is 15.5. The number of hydrogen-bond acceptors (Lipinski definition) is 5. The van der Waals surface area contributed by atoms with Gasteiger partial charge in [-0.1, -0.05) is 86.1 Å². The molecule has 0 aliphatic carbocycles. The molecule has 0 saturated carbocycles. The van der Waals surface area contributed by atoms with Crippen molar-refractivity contribution in [1.82, 2.24) is 10.2 Å². The summed E-state index contributed by atoms with van der Waals surface area (Å²) in [6.45, 7) is 7.76. The van der Waals surface area contributed by atoms with Crippen LogP contribution in [0.15, 0.2) is 108 Å². The monoisotopic (exact) mass is 641 g/mol. The van der Waals surface area contributed by atoms with E-state index in [1.54, 1.807) is 49.6 Å². The number of aryl methyl sites for hydroxylation is 1. The number of sulfonamides is 1. The first kappa shape index (κ1) is 34.2. The van der Waals surface area contributed by atoms with Crippen LogP contribution in [0.4, 0.5) is 5.69 Å². The Morgan fingerprint density at radius 3 is 2.11 bits per heavy atom. The predicted octanol–water partition coefficient (Wildman–Crippen LogP) is 6.10. The summed E-state index contributed by atoms with van der Waals surface area (Å²) in [6.07, 6.45) is 0.246. The molecule has 0 bridgehead atoms. The van der Waals surface area contributed by atoms with Gasteiger partial charge in [0.25, 0.3) is 10.0 Å². The van der Waals surface area contributed by atoms with E-state index >= 15 is 0 Å². The molecule has 0 heterocycles. The molecule has 1 atom stereocenters. The van der Waals surface area contributed by atoms with Gasteiger partial charge in [0, 0.05) is 19.5 Å². The van der Waals surface area contributed by atoms with Crippen molar-refractivity contribution in [2.24, 2.45) is 0 Å².